The van der Waals surface area contributed by atoms with Crippen LogP contribution in [0.5, 0.6) is 0 Å². The number of aryl methyl sites for hydroxylation is 2. The van der Waals surface area contributed by atoms with Gasteiger partial charge in [0.1, 0.15) is 16.9 Å². The van der Waals surface area contributed by atoms with Crippen molar-refractivity contribution in [2.45, 2.75) is 33.3 Å². The van der Waals surface area contributed by atoms with Crippen LogP contribution in [-0.4, -0.2) is 26.0 Å². The van der Waals surface area contributed by atoms with Crippen LogP contribution in [0.3, 0.4) is 0 Å². The van der Waals surface area contributed by atoms with E-state index in [2.05, 4.69) is 20.3 Å². The minimum Gasteiger partial charge on any atom is -0.386 e. The molecule has 4 rings (SSSR count). The van der Waals surface area contributed by atoms with Crippen LogP contribution in [0.4, 0.5) is 10.1 Å². The third-order valence-electron chi connectivity index (χ3n) is 4.75. The van der Waals surface area contributed by atoms with E-state index >= 15 is 0 Å². The van der Waals surface area contributed by atoms with E-state index in [1.807, 2.05) is 12.3 Å². The number of carbonyl (C=O) groups is 1. The predicted molar refractivity (Wildman–Crippen MR) is 125 cm³/mol. The van der Waals surface area contributed by atoms with Gasteiger partial charge in [-0.1, -0.05) is 6.07 Å². The molecule has 1 amide bonds. The van der Waals surface area contributed by atoms with Gasteiger partial charge in [-0.3, -0.25) is 9.78 Å². The normalized spacial score (nSPS) is 12.0. The zero-order valence-electron chi connectivity index (χ0n) is 17.7. The molecule has 0 aliphatic carbocycles. The van der Waals surface area contributed by atoms with Crippen molar-refractivity contribution in [3.63, 3.8) is 0 Å². The van der Waals surface area contributed by atoms with Crippen molar-refractivity contribution in [3.8, 4) is 10.6 Å². The Labute approximate surface area is 192 Å². The van der Waals surface area contributed by atoms with Crippen LogP contribution in [0.1, 0.15) is 50.4 Å². The molecule has 4 aromatic rings. The van der Waals surface area contributed by atoms with E-state index in [0.717, 1.165) is 32.5 Å². The summed E-state index contributed by atoms with van der Waals surface area (Å²) in [6, 6.07) is 8.09. The van der Waals surface area contributed by atoms with Gasteiger partial charge in [-0.25, -0.2) is 14.4 Å². The highest BCUT2D eigenvalue weighted by Gasteiger charge is 2.16. The zero-order valence-corrected chi connectivity index (χ0v) is 19.4. The largest absolute Gasteiger partial charge is 0.386 e. The van der Waals surface area contributed by atoms with Crippen LogP contribution >= 0.6 is 22.7 Å². The van der Waals surface area contributed by atoms with Gasteiger partial charge in [-0.05, 0) is 50.6 Å². The van der Waals surface area contributed by atoms with Crippen molar-refractivity contribution in [1.29, 1.82) is 0 Å². The van der Waals surface area contributed by atoms with Gasteiger partial charge in [0.05, 0.1) is 32.5 Å². The van der Waals surface area contributed by atoms with E-state index in [0.29, 0.717) is 17.0 Å². The molecule has 0 saturated heterocycles. The number of aromatic nitrogens is 3. The van der Waals surface area contributed by atoms with Crippen LogP contribution in [0.2, 0.25) is 0 Å². The summed E-state index contributed by atoms with van der Waals surface area (Å²) >= 11 is 2.97. The van der Waals surface area contributed by atoms with Gasteiger partial charge < -0.3 is 10.4 Å². The number of benzene rings is 1. The highest BCUT2D eigenvalue weighted by atomic mass is 32.1. The molecule has 1 aromatic carbocycles. The molecular formula is C23H21FN4O2S2. The van der Waals surface area contributed by atoms with Crippen molar-refractivity contribution >= 4 is 34.3 Å². The first-order valence-electron chi connectivity index (χ1n) is 9.92. The van der Waals surface area contributed by atoms with E-state index < -0.39 is 17.8 Å². The average molecular weight is 469 g/mol. The Hall–Kier alpha value is -3.01. The number of carbonyl (C=O) groups excluding carboxylic acids is 1. The summed E-state index contributed by atoms with van der Waals surface area (Å²) in [4.78, 5) is 26.8. The monoisotopic (exact) mass is 468 g/mol. The first-order chi connectivity index (χ1) is 15.3. The topological polar surface area (TPSA) is 88.0 Å². The van der Waals surface area contributed by atoms with Gasteiger partial charge in [0, 0.05) is 23.7 Å². The maximum atomic E-state index is 14.0. The molecule has 0 radical (unpaired) electrons. The summed E-state index contributed by atoms with van der Waals surface area (Å²) in [7, 11) is 0. The van der Waals surface area contributed by atoms with Crippen molar-refractivity contribution in [3.05, 3.63) is 80.3 Å². The molecule has 0 fully saturated rings. The molecule has 6 nitrogen and oxygen atoms in total. The summed E-state index contributed by atoms with van der Waals surface area (Å²) in [6.45, 7) is 5.39. The molecule has 32 heavy (non-hydrogen) atoms. The van der Waals surface area contributed by atoms with Crippen LogP contribution < -0.4 is 5.32 Å². The summed E-state index contributed by atoms with van der Waals surface area (Å²) < 4.78 is 14.0. The number of thiazole rings is 2. The van der Waals surface area contributed by atoms with Gasteiger partial charge in [0.15, 0.2) is 0 Å². The van der Waals surface area contributed by atoms with Gasteiger partial charge in [-0.15, -0.1) is 22.7 Å². The highest BCUT2D eigenvalue weighted by molar-refractivity contribution is 7.16. The molecule has 1 atom stereocenters. The lowest BCUT2D eigenvalue weighted by Crippen LogP contribution is -2.13. The number of aliphatic hydroxyl groups excluding tert-OH is 1. The van der Waals surface area contributed by atoms with Gasteiger partial charge in [-0.2, -0.15) is 0 Å². The number of pyridine rings is 1. The maximum Gasteiger partial charge on any atom is 0.257 e. The summed E-state index contributed by atoms with van der Waals surface area (Å²) in [5.74, 6) is -0.892. The van der Waals surface area contributed by atoms with E-state index in [1.54, 1.807) is 38.1 Å². The number of nitrogens with zero attached hydrogens (tertiary/aromatic N) is 3. The molecule has 3 aromatic heterocycles. The number of hydrogen-bond donors (Lipinski definition) is 2. The fourth-order valence-electron chi connectivity index (χ4n) is 3.06. The molecule has 0 saturated carbocycles. The number of halogens is 1. The second-order valence-corrected chi connectivity index (χ2v) is 9.39. The Morgan fingerprint density at radius 1 is 1.22 bits per heavy atom. The Bertz CT molecular complexity index is 1270. The lowest BCUT2D eigenvalue weighted by Gasteiger charge is -2.07. The zero-order chi connectivity index (χ0) is 22.8. The third kappa shape index (κ3) is 4.90. The minimum atomic E-state index is -0.604. The average Bonchev–Trinajstić information content (AvgIpc) is 3.37. The van der Waals surface area contributed by atoms with E-state index in [9.17, 15) is 14.3 Å². The molecule has 0 aliphatic heterocycles. The van der Waals surface area contributed by atoms with Gasteiger partial charge in [0.25, 0.3) is 5.91 Å². The van der Waals surface area contributed by atoms with Crippen LogP contribution in [-0.2, 0) is 6.42 Å². The lowest BCUT2D eigenvalue weighted by atomic mass is 10.2. The van der Waals surface area contributed by atoms with E-state index in [4.69, 9.17) is 0 Å². The van der Waals surface area contributed by atoms with Gasteiger partial charge in [0.2, 0.25) is 0 Å². The maximum absolute atomic E-state index is 14.0. The molecule has 0 aliphatic rings. The van der Waals surface area contributed by atoms with Crippen molar-refractivity contribution < 1.29 is 14.3 Å². The number of nitrogens with one attached hydrogen (secondary N) is 1. The van der Waals surface area contributed by atoms with Crippen LogP contribution in [0.15, 0.2) is 41.9 Å². The summed E-state index contributed by atoms with van der Waals surface area (Å²) in [5.41, 5.74) is 3.72. The quantitative estimate of drug-likeness (QED) is 0.400. The molecule has 3 heterocycles. The number of hydrogen-bond acceptors (Lipinski definition) is 7. The van der Waals surface area contributed by atoms with Crippen LogP contribution in [0, 0.1) is 19.7 Å². The second-order valence-electron chi connectivity index (χ2n) is 7.42. The number of amides is 1. The van der Waals surface area contributed by atoms with Crippen molar-refractivity contribution in [1.82, 2.24) is 15.0 Å². The molecule has 0 unspecified atom stereocenters. The van der Waals surface area contributed by atoms with E-state index in [-0.39, 0.29) is 5.69 Å². The molecular weight excluding hydrogens is 447 g/mol. The Balaban J connectivity index is 1.43. The highest BCUT2D eigenvalue weighted by Crippen LogP contribution is 2.33. The summed E-state index contributed by atoms with van der Waals surface area (Å²) in [6.07, 6.45) is 1.40. The predicted octanol–water partition coefficient (Wildman–Crippen LogP) is 5.31. The van der Waals surface area contributed by atoms with Crippen molar-refractivity contribution in [2.24, 2.45) is 0 Å². The Morgan fingerprint density at radius 3 is 2.69 bits per heavy atom. The van der Waals surface area contributed by atoms with Crippen LogP contribution in [0.25, 0.3) is 10.6 Å². The first-order valence-corrected chi connectivity index (χ1v) is 11.6. The standard InChI is InChI=1S/C23H21FN4O2S2/c1-12-4-7-18(17(24)8-12)28-22(30)15-5-6-16(25-10-15)9-20-27-19(11-31-20)21-13(2)26-23(32-21)14(3)29/h4-8,10-11,14,29H,9H2,1-3H3,(H,28,30)/t14-/m0/s1. The number of anilines is 1. The molecule has 0 bridgehead atoms. The summed E-state index contributed by atoms with van der Waals surface area (Å²) in [5, 5.41) is 15.9. The SMILES string of the molecule is Cc1ccc(NC(=O)c2ccc(Cc3nc(-c4sc([C@H](C)O)nc4C)cs3)nc2)c(F)c1. The molecule has 164 valence electrons. The molecule has 2 N–H and O–H groups in total. The molecule has 0 spiro atoms. The Kier molecular flexibility index (Phi) is 6.40. The lowest BCUT2D eigenvalue weighted by molar-refractivity contribution is 0.102. The van der Waals surface area contributed by atoms with Crippen molar-refractivity contribution in [2.75, 3.05) is 5.32 Å². The molecule has 9 heteroatoms. The smallest absolute Gasteiger partial charge is 0.257 e. The number of rotatable bonds is 6. The first kappa shape index (κ1) is 22.2. The van der Waals surface area contributed by atoms with E-state index in [1.165, 1.54) is 34.9 Å². The third-order valence-corrected chi connectivity index (χ3v) is 6.95. The Morgan fingerprint density at radius 2 is 2.03 bits per heavy atom. The fourth-order valence-corrected chi connectivity index (χ4v) is 4.90. The van der Waals surface area contributed by atoms with Gasteiger partial charge >= 0.3 is 0 Å². The second kappa shape index (κ2) is 9.23. The fraction of sp³-hybridized carbons (Fsp3) is 0.217. The minimum absolute atomic E-state index is 0.136. The number of aliphatic hydroxyl groups is 1.